The van der Waals surface area contributed by atoms with Crippen LogP contribution in [0.15, 0.2) is 78.9 Å². The van der Waals surface area contributed by atoms with E-state index in [2.05, 4.69) is 16.8 Å². The third-order valence-corrected chi connectivity index (χ3v) is 7.53. The number of nitrogens with zero attached hydrogens (tertiary/aromatic N) is 2. The van der Waals surface area contributed by atoms with Crippen LogP contribution in [0, 0.1) is 0 Å². The highest BCUT2D eigenvalue weighted by Gasteiger charge is 2.20. The molecule has 4 aromatic rings. The topological polar surface area (TPSA) is 62.6 Å². The molecule has 40 heavy (non-hydrogen) atoms. The lowest BCUT2D eigenvalue weighted by Gasteiger charge is -2.24. The third-order valence-electron chi connectivity index (χ3n) is 7.28. The van der Waals surface area contributed by atoms with E-state index in [1.165, 1.54) is 32.4 Å². The fraction of sp³-hybridized carbons (Fsp3) is 0.273. The van der Waals surface area contributed by atoms with Crippen LogP contribution >= 0.6 is 11.6 Å². The first-order valence-electron chi connectivity index (χ1n) is 13.6. The maximum Gasteiger partial charge on any atom is 0.330 e. The molecule has 1 fully saturated rings. The number of halogens is 1. The Morgan fingerprint density at radius 2 is 1.62 bits per heavy atom. The van der Waals surface area contributed by atoms with Crippen molar-refractivity contribution in [1.82, 2.24) is 9.78 Å². The number of methoxy groups -OCH3 is 2. The Labute approximate surface area is 240 Å². The zero-order valence-electron chi connectivity index (χ0n) is 22.8. The van der Waals surface area contributed by atoms with E-state index in [0.717, 1.165) is 58.0 Å². The molecule has 0 bridgehead atoms. The van der Waals surface area contributed by atoms with E-state index in [-0.39, 0.29) is 0 Å². The molecule has 1 saturated carbocycles. The standard InChI is InChI=1S/C33H33ClN2O4/c1-38-30-17-18-31(23-8-12-26(34)13-9-23)25(20-30)22-40-29-15-10-24(11-16-29)32-21-27(14-19-33(37)39-2)35-36(32)28-6-4-3-5-7-28/h8-21,28H,3-7,22H2,1-2H3/b19-14+. The second-order valence-corrected chi connectivity index (χ2v) is 10.3. The minimum atomic E-state index is -0.398. The molecule has 0 spiro atoms. The molecule has 0 N–H and O–H groups in total. The Morgan fingerprint density at radius 1 is 0.925 bits per heavy atom. The van der Waals surface area contributed by atoms with Crippen LogP contribution in [-0.2, 0) is 16.1 Å². The van der Waals surface area contributed by atoms with Crippen molar-refractivity contribution in [2.45, 2.75) is 44.8 Å². The molecule has 6 nitrogen and oxygen atoms in total. The van der Waals surface area contributed by atoms with Crippen molar-refractivity contribution >= 4 is 23.6 Å². The van der Waals surface area contributed by atoms with Gasteiger partial charge in [0.25, 0.3) is 0 Å². The van der Waals surface area contributed by atoms with Gasteiger partial charge in [-0.1, -0.05) is 49.1 Å². The van der Waals surface area contributed by atoms with Gasteiger partial charge in [-0.15, -0.1) is 0 Å². The lowest BCUT2D eigenvalue weighted by Crippen LogP contribution is -2.15. The second-order valence-electron chi connectivity index (χ2n) is 9.89. The molecule has 1 heterocycles. The van der Waals surface area contributed by atoms with E-state index in [0.29, 0.717) is 17.7 Å². The van der Waals surface area contributed by atoms with Gasteiger partial charge in [0.2, 0.25) is 0 Å². The van der Waals surface area contributed by atoms with Crippen molar-refractivity contribution in [1.29, 1.82) is 0 Å². The first kappa shape index (κ1) is 27.5. The molecule has 0 radical (unpaired) electrons. The molecule has 3 aromatic carbocycles. The fourth-order valence-electron chi connectivity index (χ4n) is 5.15. The van der Waals surface area contributed by atoms with Crippen molar-refractivity contribution < 1.29 is 19.0 Å². The smallest absolute Gasteiger partial charge is 0.330 e. The third kappa shape index (κ3) is 6.57. The zero-order chi connectivity index (χ0) is 27.9. The SMILES string of the molecule is COC(=O)/C=C/c1cc(-c2ccc(OCc3cc(OC)ccc3-c3ccc(Cl)cc3)cc2)n(C2CCCCC2)n1. The van der Waals surface area contributed by atoms with Gasteiger partial charge >= 0.3 is 5.97 Å². The van der Waals surface area contributed by atoms with Crippen molar-refractivity contribution in [3.05, 3.63) is 95.2 Å². The molecular weight excluding hydrogens is 524 g/mol. The highest BCUT2D eigenvalue weighted by Crippen LogP contribution is 2.34. The van der Waals surface area contributed by atoms with Crippen molar-refractivity contribution in [3.8, 4) is 33.9 Å². The van der Waals surface area contributed by atoms with E-state index in [4.69, 9.17) is 30.9 Å². The highest BCUT2D eigenvalue weighted by molar-refractivity contribution is 6.30. The summed E-state index contributed by atoms with van der Waals surface area (Å²) in [6.07, 6.45) is 8.99. The maximum absolute atomic E-state index is 11.6. The molecule has 0 saturated heterocycles. The summed E-state index contributed by atoms with van der Waals surface area (Å²) in [6, 6.07) is 24.3. The number of carbonyl (C=O) groups excluding carboxylic acids is 1. The van der Waals surface area contributed by atoms with Crippen molar-refractivity contribution in [3.63, 3.8) is 0 Å². The van der Waals surface area contributed by atoms with Gasteiger partial charge in [-0.3, -0.25) is 4.68 Å². The van der Waals surface area contributed by atoms with Gasteiger partial charge in [-0.25, -0.2) is 4.79 Å². The lowest BCUT2D eigenvalue weighted by molar-refractivity contribution is -0.134. The van der Waals surface area contributed by atoms with Crippen molar-refractivity contribution in [2.75, 3.05) is 14.2 Å². The zero-order valence-corrected chi connectivity index (χ0v) is 23.6. The summed E-state index contributed by atoms with van der Waals surface area (Å²) < 4.78 is 18.6. The molecule has 5 rings (SSSR count). The lowest BCUT2D eigenvalue weighted by atomic mass is 9.95. The Bertz CT molecular complexity index is 1470. The average Bonchev–Trinajstić information content (AvgIpc) is 3.44. The minimum Gasteiger partial charge on any atom is -0.497 e. The molecule has 0 aliphatic heterocycles. The molecule has 1 aliphatic rings. The first-order chi connectivity index (χ1) is 19.5. The van der Waals surface area contributed by atoms with Gasteiger partial charge in [0.05, 0.1) is 31.6 Å². The normalized spacial score (nSPS) is 13.9. The van der Waals surface area contributed by atoms with Crippen LogP contribution in [0.4, 0.5) is 0 Å². The summed E-state index contributed by atoms with van der Waals surface area (Å²) in [6.45, 7) is 0.386. The van der Waals surface area contributed by atoms with Crippen LogP contribution in [-0.4, -0.2) is 30.0 Å². The van der Waals surface area contributed by atoms with Crippen molar-refractivity contribution in [2.24, 2.45) is 0 Å². The number of hydrogen-bond donors (Lipinski definition) is 0. The van der Waals surface area contributed by atoms with Gasteiger partial charge in [0.15, 0.2) is 0 Å². The summed E-state index contributed by atoms with van der Waals surface area (Å²) >= 11 is 6.10. The monoisotopic (exact) mass is 556 g/mol. The van der Waals surface area contributed by atoms with Crippen LogP contribution in [0.1, 0.15) is 49.4 Å². The predicted molar refractivity (Wildman–Crippen MR) is 159 cm³/mol. The number of esters is 1. The summed E-state index contributed by atoms with van der Waals surface area (Å²) in [5.74, 6) is 1.15. The minimum absolute atomic E-state index is 0.347. The van der Waals surface area contributed by atoms with E-state index in [1.54, 1.807) is 13.2 Å². The van der Waals surface area contributed by atoms with Crippen LogP contribution in [0.25, 0.3) is 28.5 Å². The molecule has 0 unspecified atom stereocenters. The van der Waals surface area contributed by atoms with Gasteiger partial charge in [-0.2, -0.15) is 5.10 Å². The van der Waals surface area contributed by atoms with Gasteiger partial charge < -0.3 is 14.2 Å². The summed E-state index contributed by atoms with van der Waals surface area (Å²) in [5, 5.41) is 5.55. The molecular formula is C33H33ClN2O4. The Hall–Kier alpha value is -4.03. The van der Waals surface area contributed by atoms with Gasteiger partial charge in [0, 0.05) is 22.2 Å². The predicted octanol–water partition coefficient (Wildman–Crippen LogP) is 8.15. The molecule has 0 amide bonds. The van der Waals surface area contributed by atoms with Crippen LogP contribution in [0.2, 0.25) is 5.02 Å². The maximum atomic E-state index is 11.6. The van der Waals surface area contributed by atoms with Crippen LogP contribution in [0.5, 0.6) is 11.5 Å². The van der Waals surface area contributed by atoms with E-state index in [1.807, 2.05) is 60.7 Å². The molecule has 206 valence electrons. The fourth-order valence-corrected chi connectivity index (χ4v) is 5.27. The molecule has 1 aromatic heterocycles. The van der Waals surface area contributed by atoms with Crippen LogP contribution in [0.3, 0.4) is 0 Å². The first-order valence-corrected chi connectivity index (χ1v) is 13.9. The molecule has 1 aliphatic carbocycles. The van der Waals surface area contributed by atoms with Crippen LogP contribution < -0.4 is 9.47 Å². The number of carbonyl (C=O) groups is 1. The Balaban J connectivity index is 1.37. The Kier molecular flexibility index (Phi) is 8.87. The highest BCUT2D eigenvalue weighted by atomic mass is 35.5. The Morgan fingerprint density at radius 3 is 2.33 bits per heavy atom. The summed E-state index contributed by atoms with van der Waals surface area (Å²) in [7, 11) is 3.03. The van der Waals surface area contributed by atoms with E-state index >= 15 is 0 Å². The molecule has 7 heteroatoms. The second kappa shape index (κ2) is 12.9. The van der Waals surface area contributed by atoms with Gasteiger partial charge in [0.1, 0.15) is 18.1 Å². The quantitative estimate of drug-likeness (QED) is 0.154. The number of ether oxygens (including phenoxy) is 3. The number of aromatic nitrogens is 2. The molecule has 0 atom stereocenters. The van der Waals surface area contributed by atoms with E-state index < -0.39 is 5.97 Å². The number of benzene rings is 3. The largest absolute Gasteiger partial charge is 0.497 e. The number of hydrogen-bond acceptors (Lipinski definition) is 5. The van der Waals surface area contributed by atoms with Gasteiger partial charge in [-0.05, 0) is 84.6 Å². The summed E-state index contributed by atoms with van der Waals surface area (Å²) in [5.41, 5.74) is 5.96. The average molecular weight is 557 g/mol. The summed E-state index contributed by atoms with van der Waals surface area (Å²) in [4.78, 5) is 11.6. The number of rotatable bonds is 9. The van der Waals surface area contributed by atoms with E-state index in [9.17, 15) is 4.79 Å².